The molecule has 10 heteroatoms. The van der Waals surface area contributed by atoms with E-state index in [1.54, 1.807) is 9.79 Å². The minimum Gasteiger partial charge on any atom is -0.451 e. The van der Waals surface area contributed by atoms with E-state index in [4.69, 9.17) is 4.74 Å². The van der Waals surface area contributed by atoms with E-state index in [2.05, 4.69) is 4.84 Å². The molecule has 2 rings (SSSR count). The topological polar surface area (TPSA) is 102 Å². The van der Waals surface area contributed by atoms with Crippen molar-refractivity contribution in [2.75, 3.05) is 19.7 Å². The van der Waals surface area contributed by atoms with Crippen molar-refractivity contribution in [3.63, 3.8) is 0 Å². The van der Waals surface area contributed by atoms with Crippen molar-refractivity contribution < 1.29 is 32.0 Å². The van der Waals surface area contributed by atoms with Gasteiger partial charge in [-0.2, -0.15) is 0 Å². The molecule has 1 heterocycles. The first-order valence-electron chi connectivity index (χ1n) is 8.67. The van der Waals surface area contributed by atoms with E-state index in [1.165, 1.54) is 6.92 Å². The molecule has 0 aromatic heterocycles. The minimum atomic E-state index is -4.06. The number of amides is 1. The normalized spacial score (nSPS) is 16.4. The standard InChI is InChI=1S/C17H23FN2O6S/c1-13(17(22)20-10-4-2-3-5-11-20)26-16(21)12-25-19-27(23,24)15-8-6-14(18)7-9-15/h6-9,13,19H,2-5,10-12H2,1H3/t13-/m1/s1. The maximum absolute atomic E-state index is 12.8. The van der Waals surface area contributed by atoms with Gasteiger partial charge >= 0.3 is 5.97 Å². The van der Waals surface area contributed by atoms with Crippen molar-refractivity contribution >= 4 is 21.9 Å². The number of carbonyl (C=O) groups is 2. The molecule has 0 saturated carbocycles. The number of ether oxygens (including phenoxy) is 1. The molecule has 0 radical (unpaired) electrons. The van der Waals surface area contributed by atoms with Crippen LogP contribution in [0.25, 0.3) is 0 Å². The molecule has 0 unspecified atom stereocenters. The fourth-order valence-electron chi connectivity index (χ4n) is 2.66. The zero-order chi connectivity index (χ0) is 19.9. The van der Waals surface area contributed by atoms with E-state index >= 15 is 0 Å². The zero-order valence-electron chi connectivity index (χ0n) is 15.0. The molecule has 1 amide bonds. The SMILES string of the molecule is C[C@@H](OC(=O)CONS(=O)(=O)c1ccc(F)cc1)C(=O)N1CCCCCC1. The van der Waals surface area contributed by atoms with Crippen LogP contribution in [0.1, 0.15) is 32.6 Å². The molecule has 8 nitrogen and oxygen atoms in total. The molecule has 150 valence electrons. The Morgan fingerprint density at radius 3 is 2.33 bits per heavy atom. The molecule has 1 aliphatic rings. The predicted molar refractivity (Wildman–Crippen MR) is 93.3 cm³/mol. The molecule has 1 atom stereocenters. The largest absolute Gasteiger partial charge is 0.451 e. The van der Waals surface area contributed by atoms with Gasteiger partial charge in [-0.1, -0.05) is 17.7 Å². The lowest BCUT2D eigenvalue weighted by Crippen LogP contribution is -2.41. The maximum Gasteiger partial charge on any atom is 0.335 e. The number of nitrogens with zero attached hydrogens (tertiary/aromatic N) is 1. The first-order chi connectivity index (χ1) is 12.8. The number of likely N-dealkylation sites (tertiary alicyclic amines) is 1. The van der Waals surface area contributed by atoms with Crippen molar-refractivity contribution in [3.05, 3.63) is 30.1 Å². The third-order valence-corrected chi connectivity index (χ3v) is 5.29. The van der Waals surface area contributed by atoms with Crippen LogP contribution < -0.4 is 4.89 Å². The van der Waals surface area contributed by atoms with Gasteiger partial charge in [0.15, 0.2) is 12.7 Å². The van der Waals surface area contributed by atoms with Crippen LogP contribution >= 0.6 is 0 Å². The first-order valence-corrected chi connectivity index (χ1v) is 10.2. The van der Waals surface area contributed by atoms with Crippen LogP contribution in [0.2, 0.25) is 0 Å². The summed E-state index contributed by atoms with van der Waals surface area (Å²) in [5, 5.41) is 0. The van der Waals surface area contributed by atoms with Crippen molar-refractivity contribution in [3.8, 4) is 0 Å². The van der Waals surface area contributed by atoms with Crippen LogP contribution in [0.15, 0.2) is 29.2 Å². The number of nitrogens with one attached hydrogen (secondary N) is 1. The molecule has 1 fully saturated rings. The number of rotatable bonds is 7. The van der Waals surface area contributed by atoms with E-state index in [0.717, 1.165) is 49.9 Å². The van der Waals surface area contributed by atoms with Gasteiger partial charge in [0.1, 0.15) is 5.82 Å². The monoisotopic (exact) mass is 402 g/mol. The summed E-state index contributed by atoms with van der Waals surface area (Å²) in [7, 11) is -4.06. The van der Waals surface area contributed by atoms with Gasteiger partial charge in [0, 0.05) is 13.1 Å². The molecule has 27 heavy (non-hydrogen) atoms. The molecule has 1 saturated heterocycles. The maximum atomic E-state index is 12.8. The van der Waals surface area contributed by atoms with Crippen molar-refractivity contribution in [2.24, 2.45) is 0 Å². The van der Waals surface area contributed by atoms with Gasteiger partial charge in [-0.15, -0.1) is 0 Å². The Morgan fingerprint density at radius 2 is 1.74 bits per heavy atom. The second-order valence-electron chi connectivity index (χ2n) is 6.20. The Labute approximate surface area is 157 Å². The Morgan fingerprint density at radius 1 is 1.15 bits per heavy atom. The lowest BCUT2D eigenvalue weighted by atomic mass is 10.2. The fourth-order valence-corrected chi connectivity index (χ4v) is 3.46. The summed E-state index contributed by atoms with van der Waals surface area (Å²) in [4.78, 5) is 31.9. The highest BCUT2D eigenvalue weighted by atomic mass is 32.2. The van der Waals surface area contributed by atoms with Crippen LogP contribution in [-0.2, 0) is 29.2 Å². The predicted octanol–water partition coefficient (Wildman–Crippen LogP) is 1.37. The molecule has 1 aliphatic heterocycles. The second kappa shape index (κ2) is 9.77. The minimum absolute atomic E-state index is 0.220. The van der Waals surface area contributed by atoms with Gasteiger partial charge in [0.2, 0.25) is 0 Å². The Hall–Kier alpha value is -2.04. The number of benzene rings is 1. The van der Waals surface area contributed by atoms with E-state index < -0.39 is 34.5 Å². The van der Waals surface area contributed by atoms with E-state index in [-0.39, 0.29) is 10.8 Å². The highest BCUT2D eigenvalue weighted by Gasteiger charge is 2.25. The van der Waals surface area contributed by atoms with Crippen LogP contribution in [-0.4, -0.2) is 51.0 Å². The third-order valence-electron chi connectivity index (χ3n) is 4.06. The summed E-state index contributed by atoms with van der Waals surface area (Å²) in [6.07, 6.45) is 2.99. The summed E-state index contributed by atoms with van der Waals surface area (Å²) in [6, 6.07) is 4.08. The van der Waals surface area contributed by atoms with Gasteiger partial charge in [-0.05, 0) is 44.0 Å². The third kappa shape index (κ3) is 6.56. The fraction of sp³-hybridized carbons (Fsp3) is 0.529. The molecule has 0 bridgehead atoms. The lowest BCUT2D eigenvalue weighted by molar-refractivity contribution is -0.163. The number of esters is 1. The van der Waals surface area contributed by atoms with Gasteiger partial charge in [-0.3, -0.25) is 9.63 Å². The summed E-state index contributed by atoms with van der Waals surface area (Å²) >= 11 is 0. The smallest absolute Gasteiger partial charge is 0.335 e. The van der Waals surface area contributed by atoms with E-state index in [0.29, 0.717) is 13.1 Å². The average molecular weight is 402 g/mol. The quantitative estimate of drug-likeness (QED) is 0.546. The summed E-state index contributed by atoms with van der Waals surface area (Å²) in [5.74, 6) is -1.74. The van der Waals surface area contributed by atoms with E-state index in [9.17, 15) is 22.4 Å². The number of hydrogen-bond acceptors (Lipinski definition) is 6. The van der Waals surface area contributed by atoms with Crippen LogP contribution in [0.4, 0.5) is 4.39 Å². The first kappa shape index (κ1) is 21.3. The highest BCUT2D eigenvalue weighted by Crippen LogP contribution is 2.12. The average Bonchev–Trinajstić information content (AvgIpc) is 2.90. The van der Waals surface area contributed by atoms with E-state index in [1.807, 2.05) is 0 Å². The summed E-state index contributed by atoms with van der Waals surface area (Å²) in [6.45, 7) is 2.02. The highest BCUT2D eigenvalue weighted by molar-refractivity contribution is 7.89. The van der Waals surface area contributed by atoms with Crippen molar-refractivity contribution in [2.45, 2.75) is 43.6 Å². The van der Waals surface area contributed by atoms with Gasteiger partial charge in [-0.25, -0.2) is 17.6 Å². The molecule has 1 aromatic carbocycles. The van der Waals surface area contributed by atoms with Gasteiger partial charge < -0.3 is 9.64 Å². The molecule has 1 aromatic rings. The van der Waals surface area contributed by atoms with Crippen LogP contribution in [0.5, 0.6) is 0 Å². The molecule has 1 N–H and O–H groups in total. The lowest BCUT2D eigenvalue weighted by Gasteiger charge is -2.23. The van der Waals surface area contributed by atoms with Crippen LogP contribution in [0.3, 0.4) is 0 Å². The molecular weight excluding hydrogens is 379 g/mol. The van der Waals surface area contributed by atoms with Crippen molar-refractivity contribution in [1.29, 1.82) is 0 Å². The van der Waals surface area contributed by atoms with Crippen molar-refractivity contribution in [1.82, 2.24) is 9.79 Å². The number of sulfonamides is 1. The van der Waals surface area contributed by atoms with Gasteiger partial charge in [0.25, 0.3) is 15.9 Å². The Kier molecular flexibility index (Phi) is 7.69. The Balaban J connectivity index is 1.78. The number of halogens is 1. The van der Waals surface area contributed by atoms with Gasteiger partial charge in [0.05, 0.1) is 4.90 Å². The zero-order valence-corrected chi connectivity index (χ0v) is 15.8. The Bertz CT molecular complexity index is 745. The second-order valence-corrected chi connectivity index (χ2v) is 7.85. The molecule has 0 spiro atoms. The number of carbonyl (C=O) groups excluding carboxylic acids is 2. The summed E-state index contributed by atoms with van der Waals surface area (Å²) < 4.78 is 41.7. The molecular formula is C17H23FN2O6S. The summed E-state index contributed by atoms with van der Waals surface area (Å²) in [5.41, 5.74) is 0. The number of hydrogen-bond donors (Lipinski definition) is 1. The van der Waals surface area contributed by atoms with Crippen LogP contribution in [0, 0.1) is 5.82 Å². The molecule has 0 aliphatic carbocycles.